The van der Waals surface area contributed by atoms with Gasteiger partial charge in [-0.25, -0.2) is 19.7 Å². The number of nitrogens with one attached hydrogen (secondary N) is 2. The molecule has 1 saturated heterocycles. The number of hydrogen-bond donors (Lipinski definition) is 3. The van der Waals surface area contributed by atoms with Crippen LogP contribution in [0.5, 0.6) is 0 Å². The number of rotatable bonds is 5. The number of amidine groups is 1. The van der Waals surface area contributed by atoms with Crippen LogP contribution in [0.2, 0.25) is 5.02 Å². The van der Waals surface area contributed by atoms with Crippen LogP contribution in [0.1, 0.15) is 51.3 Å². The molecule has 0 spiro atoms. The fourth-order valence-electron chi connectivity index (χ4n) is 5.25. The maximum absolute atomic E-state index is 11.1. The van der Waals surface area contributed by atoms with Crippen LogP contribution in [0.3, 0.4) is 0 Å². The Kier molecular flexibility index (Phi) is 6.60. The fourth-order valence-corrected chi connectivity index (χ4v) is 5.48. The standard InChI is InChI=1S/C25H30ClN7O2/c1-15-4-6-16(7-5-15)13-33-14-28-23-21(33)20(29-24(31-23)22(27)30-25(34)35)17-10-18(26)12-19(11-17)32-8-2-3-9-32/h10-12,14-16H,2-9,13H2,1H3,(H2,27,30)(H,34,35). The molecule has 2 fully saturated rings. The van der Waals surface area contributed by atoms with Gasteiger partial charge in [-0.2, -0.15) is 0 Å². The quantitative estimate of drug-likeness (QED) is 0.332. The molecule has 0 unspecified atom stereocenters. The van der Waals surface area contributed by atoms with Crippen LogP contribution in [0.15, 0.2) is 24.5 Å². The highest BCUT2D eigenvalue weighted by atomic mass is 35.5. The molecule has 9 nitrogen and oxygen atoms in total. The van der Waals surface area contributed by atoms with Crippen LogP contribution in [-0.2, 0) is 6.54 Å². The number of carbonyl (C=O) groups is 1. The third-order valence-electron chi connectivity index (χ3n) is 7.15. The van der Waals surface area contributed by atoms with E-state index in [0.717, 1.165) is 55.2 Å². The average Bonchev–Trinajstić information content (AvgIpc) is 3.50. The summed E-state index contributed by atoms with van der Waals surface area (Å²) in [6, 6.07) is 5.89. The maximum Gasteiger partial charge on any atom is 0.410 e. The van der Waals surface area contributed by atoms with Crippen LogP contribution in [-0.4, -0.2) is 49.6 Å². The lowest BCUT2D eigenvalue weighted by molar-refractivity contribution is 0.200. The average molecular weight is 496 g/mol. The number of fused-ring (bicyclic) bond motifs is 1. The lowest BCUT2D eigenvalue weighted by atomic mass is 9.83. The molecule has 5 rings (SSSR count). The normalized spacial score (nSPS) is 20.3. The van der Waals surface area contributed by atoms with Crippen molar-refractivity contribution in [1.82, 2.24) is 24.8 Å². The predicted molar refractivity (Wildman–Crippen MR) is 136 cm³/mol. The lowest BCUT2D eigenvalue weighted by Crippen LogP contribution is -2.30. The van der Waals surface area contributed by atoms with E-state index in [0.29, 0.717) is 22.3 Å². The number of hydrogen-bond acceptors (Lipinski definition) is 6. The van der Waals surface area contributed by atoms with Crippen molar-refractivity contribution in [2.75, 3.05) is 18.0 Å². The molecule has 1 saturated carbocycles. The van der Waals surface area contributed by atoms with Crippen molar-refractivity contribution < 1.29 is 9.90 Å². The Balaban J connectivity index is 1.61. The molecule has 2 aliphatic rings. The summed E-state index contributed by atoms with van der Waals surface area (Å²) < 4.78 is 2.11. The molecule has 184 valence electrons. The molecule has 2 aromatic heterocycles. The summed E-state index contributed by atoms with van der Waals surface area (Å²) in [7, 11) is 0. The summed E-state index contributed by atoms with van der Waals surface area (Å²) in [6.45, 7) is 5.10. The number of carboxylic acid groups (broad SMARTS) is 1. The number of benzene rings is 1. The first-order valence-corrected chi connectivity index (χ1v) is 12.6. The van der Waals surface area contributed by atoms with Crippen LogP contribution in [0.25, 0.3) is 22.4 Å². The van der Waals surface area contributed by atoms with Gasteiger partial charge in [-0.05, 0) is 55.7 Å². The van der Waals surface area contributed by atoms with E-state index in [1.165, 1.54) is 25.7 Å². The summed E-state index contributed by atoms with van der Waals surface area (Å²) in [6.07, 6.45) is 7.56. The fraction of sp³-hybridized carbons (Fsp3) is 0.480. The molecule has 35 heavy (non-hydrogen) atoms. The molecule has 3 aromatic rings. The van der Waals surface area contributed by atoms with Crippen molar-refractivity contribution in [3.63, 3.8) is 0 Å². The molecule has 1 amide bonds. The first-order chi connectivity index (χ1) is 16.9. The summed E-state index contributed by atoms with van der Waals surface area (Å²) in [5, 5.41) is 19.9. The van der Waals surface area contributed by atoms with Gasteiger partial charge < -0.3 is 14.6 Å². The molecule has 0 radical (unpaired) electrons. The van der Waals surface area contributed by atoms with Gasteiger partial charge in [0, 0.05) is 35.9 Å². The molecular formula is C25H30ClN7O2. The van der Waals surface area contributed by atoms with Gasteiger partial charge in [-0.3, -0.25) is 10.7 Å². The van der Waals surface area contributed by atoms with E-state index in [-0.39, 0.29) is 5.82 Å². The zero-order chi connectivity index (χ0) is 24.5. The number of aromatic nitrogens is 4. The Morgan fingerprint density at radius 3 is 2.63 bits per heavy atom. The van der Waals surface area contributed by atoms with Crippen LogP contribution < -0.4 is 10.2 Å². The summed E-state index contributed by atoms with van der Waals surface area (Å²) >= 11 is 6.56. The SMILES string of the molecule is CC1CCC(Cn2cnc3nc(C(=N)NC(=O)O)nc(-c4cc(Cl)cc(N5CCCC5)c4)c32)CC1. The number of imidazole rings is 1. The zero-order valence-corrected chi connectivity index (χ0v) is 20.6. The van der Waals surface area contributed by atoms with E-state index in [1.54, 1.807) is 6.33 Å². The van der Waals surface area contributed by atoms with Gasteiger partial charge >= 0.3 is 6.09 Å². The Bertz CT molecular complexity index is 1260. The largest absolute Gasteiger partial charge is 0.465 e. The van der Waals surface area contributed by atoms with Gasteiger partial charge in [0.15, 0.2) is 17.3 Å². The van der Waals surface area contributed by atoms with E-state index in [1.807, 2.05) is 12.1 Å². The van der Waals surface area contributed by atoms with E-state index < -0.39 is 11.9 Å². The first kappa shape index (κ1) is 23.5. The number of nitrogens with zero attached hydrogens (tertiary/aromatic N) is 5. The first-order valence-electron chi connectivity index (χ1n) is 12.2. The van der Waals surface area contributed by atoms with Crippen molar-refractivity contribution >= 4 is 40.4 Å². The highest BCUT2D eigenvalue weighted by Crippen LogP contribution is 2.35. The molecule has 1 aromatic carbocycles. The second-order valence-electron chi connectivity index (χ2n) is 9.79. The van der Waals surface area contributed by atoms with Gasteiger partial charge in [-0.15, -0.1) is 0 Å². The smallest absolute Gasteiger partial charge is 0.410 e. The minimum Gasteiger partial charge on any atom is -0.465 e. The van der Waals surface area contributed by atoms with Crippen LogP contribution in [0.4, 0.5) is 10.5 Å². The van der Waals surface area contributed by atoms with Crippen molar-refractivity contribution in [2.24, 2.45) is 11.8 Å². The van der Waals surface area contributed by atoms with Gasteiger partial charge in [-0.1, -0.05) is 31.4 Å². The van der Waals surface area contributed by atoms with Gasteiger partial charge in [0.25, 0.3) is 0 Å². The van der Waals surface area contributed by atoms with Gasteiger partial charge in [0.2, 0.25) is 0 Å². The topological polar surface area (TPSA) is 120 Å². The summed E-state index contributed by atoms with van der Waals surface area (Å²) in [4.78, 5) is 27.1. The highest BCUT2D eigenvalue weighted by Gasteiger charge is 2.23. The third-order valence-corrected chi connectivity index (χ3v) is 7.36. The van der Waals surface area contributed by atoms with E-state index in [4.69, 9.17) is 22.1 Å². The van der Waals surface area contributed by atoms with Crippen LogP contribution >= 0.6 is 11.6 Å². The molecular weight excluding hydrogens is 466 g/mol. The Labute approximate surface area is 209 Å². The van der Waals surface area contributed by atoms with E-state index >= 15 is 0 Å². The maximum atomic E-state index is 11.1. The third kappa shape index (κ3) is 5.10. The predicted octanol–water partition coefficient (Wildman–Crippen LogP) is 5.17. The Morgan fingerprint density at radius 1 is 1.17 bits per heavy atom. The van der Waals surface area contributed by atoms with Crippen molar-refractivity contribution in [3.05, 3.63) is 35.4 Å². The second-order valence-corrected chi connectivity index (χ2v) is 10.2. The molecule has 3 heterocycles. The molecule has 10 heteroatoms. The summed E-state index contributed by atoms with van der Waals surface area (Å²) in [5.74, 6) is 0.922. The van der Waals surface area contributed by atoms with E-state index in [2.05, 4.69) is 42.7 Å². The van der Waals surface area contributed by atoms with Gasteiger partial charge in [0.05, 0.1) is 6.33 Å². The second kappa shape index (κ2) is 9.81. The summed E-state index contributed by atoms with van der Waals surface area (Å²) in [5.41, 5.74) is 3.66. The van der Waals surface area contributed by atoms with Gasteiger partial charge in [0.1, 0.15) is 11.2 Å². The van der Waals surface area contributed by atoms with Crippen LogP contribution in [0, 0.1) is 17.2 Å². The zero-order valence-electron chi connectivity index (χ0n) is 19.8. The monoisotopic (exact) mass is 495 g/mol. The van der Waals surface area contributed by atoms with Crippen molar-refractivity contribution in [1.29, 1.82) is 5.41 Å². The van der Waals surface area contributed by atoms with E-state index in [9.17, 15) is 4.79 Å². The lowest BCUT2D eigenvalue weighted by Gasteiger charge is -2.26. The molecule has 3 N–H and O–H groups in total. The number of halogens is 1. The molecule has 0 bridgehead atoms. The van der Waals surface area contributed by atoms with Crippen molar-refractivity contribution in [3.8, 4) is 11.3 Å². The highest BCUT2D eigenvalue weighted by molar-refractivity contribution is 6.31. The Morgan fingerprint density at radius 2 is 1.91 bits per heavy atom. The van der Waals surface area contributed by atoms with Crippen molar-refractivity contribution in [2.45, 2.75) is 52.0 Å². The number of amides is 1. The minimum atomic E-state index is -1.34. The molecule has 1 aliphatic carbocycles. The molecule has 1 aliphatic heterocycles. The minimum absolute atomic E-state index is 0.0191. The number of anilines is 1. The Hall–Kier alpha value is -3.20. The molecule has 0 atom stereocenters.